The second kappa shape index (κ2) is 11.3. The number of carbonyl (C=O) groups excluding carboxylic acids is 1. The Hall–Kier alpha value is -2.60. The van der Waals surface area contributed by atoms with Crippen molar-refractivity contribution in [1.82, 2.24) is 24.4 Å². The van der Waals surface area contributed by atoms with E-state index in [-0.39, 0.29) is 30.8 Å². The zero-order chi connectivity index (χ0) is 28.4. The molecule has 2 aromatic rings. The highest BCUT2D eigenvalue weighted by Gasteiger charge is 2.50. The zero-order valence-electron chi connectivity index (χ0n) is 23.0. The molecule has 3 rings (SSSR count). The fourth-order valence-electron chi connectivity index (χ4n) is 3.86. The van der Waals surface area contributed by atoms with Crippen molar-refractivity contribution in [2.75, 3.05) is 32.0 Å². The van der Waals surface area contributed by atoms with Gasteiger partial charge in [-0.25, -0.2) is 9.97 Å². The second-order valence-corrected chi connectivity index (χ2v) is 13.4. The van der Waals surface area contributed by atoms with Crippen LogP contribution in [0.1, 0.15) is 60.8 Å². The van der Waals surface area contributed by atoms with Crippen LogP contribution in [0.3, 0.4) is 0 Å². The van der Waals surface area contributed by atoms with E-state index in [1.165, 1.54) is 0 Å². The van der Waals surface area contributed by atoms with Crippen LogP contribution >= 0.6 is 7.60 Å². The van der Waals surface area contributed by atoms with Crippen molar-refractivity contribution in [2.45, 2.75) is 72.9 Å². The Kier molecular flexibility index (Phi) is 8.87. The highest BCUT2D eigenvalue weighted by molar-refractivity contribution is 7.53. The molecule has 13 nitrogen and oxygen atoms in total. The lowest BCUT2D eigenvalue weighted by Crippen LogP contribution is -2.41. The van der Waals surface area contributed by atoms with E-state index in [1.54, 1.807) is 47.1 Å². The number of aliphatic carboxylic acids is 1. The summed E-state index contributed by atoms with van der Waals surface area (Å²) in [5, 5.41) is 9.42. The van der Waals surface area contributed by atoms with E-state index in [0.29, 0.717) is 24.3 Å². The van der Waals surface area contributed by atoms with Crippen LogP contribution in [0.25, 0.3) is 11.2 Å². The average molecular weight is 555 g/mol. The number of carboxylic acid groups (broad SMARTS) is 1. The van der Waals surface area contributed by atoms with Crippen LogP contribution in [0, 0.1) is 10.8 Å². The largest absolute Gasteiger partial charge is 0.481 e. The van der Waals surface area contributed by atoms with Gasteiger partial charge in [0.2, 0.25) is 12.7 Å². The Morgan fingerprint density at radius 1 is 1.21 bits per heavy atom. The van der Waals surface area contributed by atoms with E-state index in [0.717, 1.165) is 12.8 Å². The first kappa shape index (κ1) is 29.9. The van der Waals surface area contributed by atoms with Crippen molar-refractivity contribution >= 4 is 36.6 Å². The van der Waals surface area contributed by atoms with Gasteiger partial charge in [0.25, 0.3) is 0 Å². The molecule has 1 saturated carbocycles. The molecule has 0 amide bonds. The van der Waals surface area contributed by atoms with Crippen LogP contribution in [-0.4, -0.2) is 73.2 Å². The predicted molar refractivity (Wildman–Crippen MR) is 140 cm³/mol. The number of anilines is 1. The van der Waals surface area contributed by atoms with Crippen molar-refractivity contribution in [3.63, 3.8) is 0 Å². The summed E-state index contributed by atoms with van der Waals surface area (Å²) < 4.78 is 32.3. The first-order valence-corrected chi connectivity index (χ1v) is 14.3. The average Bonchev–Trinajstić information content (AvgIpc) is 3.50. The minimum Gasteiger partial charge on any atom is -0.481 e. The summed E-state index contributed by atoms with van der Waals surface area (Å²) in [7, 11) is -3.83. The lowest BCUT2D eigenvalue weighted by molar-refractivity contribution is -0.160. The summed E-state index contributed by atoms with van der Waals surface area (Å²) in [5.41, 5.74) is 4.84. The number of hydrogen-bond donors (Lipinski definition) is 2. The highest BCUT2D eigenvalue weighted by Crippen LogP contribution is 2.54. The molecule has 0 bridgehead atoms. The van der Waals surface area contributed by atoms with Gasteiger partial charge in [-0.2, -0.15) is 4.98 Å². The summed E-state index contributed by atoms with van der Waals surface area (Å²) in [4.78, 5) is 38.4. The van der Waals surface area contributed by atoms with Crippen molar-refractivity contribution < 1.29 is 33.0 Å². The maximum atomic E-state index is 13.9. The smallest absolute Gasteiger partial charge is 0.347 e. The quantitative estimate of drug-likeness (QED) is 0.198. The van der Waals surface area contributed by atoms with Gasteiger partial charge in [0.15, 0.2) is 5.65 Å². The molecule has 212 valence electrons. The van der Waals surface area contributed by atoms with Gasteiger partial charge < -0.3 is 24.7 Å². The van der Waals surface area contributed by atoms with E-state index in [2.05, 4.69) is 15.0 Å². The summed E-state index contributed by atoms with van der Waals surface area (Å²) in [6.45, 7) is 10.6. The first-order chi connectivity index (χ1) is 17.6. The number of nitrogen functional groups attached to an aromatic ring is 1. The number of rotatable bonds is 14. The number of aromatic nitrogens is 4. The van der Waals surface area contributed by atoms with Crippen LogP contribution in [0.5, 0.6) is 0 Å². The second-order valence-electron chi connectivity index (χ2n) is 11.3. The third-order valence-corrected chi connectivity index (χ3v) is 8.47. The van der Waals surface area contributed by atoms with Gasteiger partial charge in [0.1, 0.15) is 11.8 Å². The Labute approximate surface area is 222 Å². The number of ether oxygens (including phenoxy) is 1. The van der Waals surface area contributed by atoms with Gasteiger partial charge in [-0.1, -0.05) is 6.92 Å². The maximum Gasteiger partial charge on any atom is 0.347 e. The van der Waals surface area contributed by atoms with Gasteiger partial charge >= 0.3 is 19.5 Å². The number of nitrogens with zero attached hydrogens (tertiary/aromatic N) is 5. The third-order valence-electron chi connectivity index (χ3n) is 6.71. The minimum atomic E-state index is -3.83. The molecule has 1 atom stereocenters. The third kappa shape index (κ3) is 7.28. The van der Waals surface area contributed by atoms with Crippen LogP contribution < -0.4 is 5.73 Å². The standard InChI is InChI=1S/C24H39N6O7P/c1-7-30(24(8-9-24)13-29-14-27-17-12-26-21(25)28-18(17)29)15-38(34,36-11-10-23(5,6)19(31)32)37-16-35-20(33)22(2,3)4/h12,14H,7-11,13,15-16H2,1-6H3,(H,31,32)(H2,25,26,28). The van der Waals surface area contributed by atoms with Gasteiger partial charge in [0, 0.05) is 12.1 Å². The van der Waals surface area contributed by atoms with E-state index in [4.69, 9.17) is 19.5 Å². The number of carboxylic acids is 1. The molecular formula is C24H39N6O7P. The zero-order valence-corrected chi connectivity index (χ0v) is 23.9. The molecule has 0 radical (unpaired) electrons. The summed E-state index contributed by atoms with van der Waals surface area (Å²) in [5.74, 6) is -1.34. The SMILES string of the molecule is CCN(CP(=O)(OCCC(C)(C)C(=O)O)OCOC(=O)C(C)(C)C)C1(Cn2cnc3cnc(N)nc32)CC1. The van der Waals surface area contributed by atoms with Gasteiger partial charge in [0.05, 0.1) is 30.0 Å². The van der Waals surface area contributed by atoms with Crippen LogP contribution in [0.15, 0.2) is 12.5 Å². The lowest BCUT2D eigenvalue weighted by atomic mass is 9.90. The van der Waals surface area contributed by atoms with Gasteiger partial charge in [-0.15, -0.1) is 0 Å². The highest BCUT2D eigenvalue weighted by atomic mass is 31.2. The molecule has 1 aliphatic rings. The van der Waals surface area contributed by atoms with E-state index >= 15 is 0 Å². The summed E-state index contributed by atoms with van der Waals surface area (Å²) in [6.07, 6.45) is 4.99. The molecule has 3 N–H and O–H groups in total. The lowest BCUT2D eigenvalue weighted by Gasteiger charge is -2.34. The van der Waals surface area contributed by atoms with E-state index < -0.39 is 37.2 Å². The molecule has 1 fully saturated rings. The molecule has 1 aliphatic carbocycles. The molecule has 0 spiro atoms. The van der Waals surface area contributed by atoms with E-state index in [1.807, 2.05) is 16.4 Å². The first-order valence-electron chi connectivity index (χ1n) is 12.6. The topological polar surface area (TPSA) is 172 Å². The number of nitrogens with two attached hydrogens (primary N) is 1. The van der Waals surface area contributed by atoms with Gasteiger partial charge in [-0.05, 0) is 60.4 Å². The predicted octanol–water partition coefficient (Wildman–Crippen LogP) is 3.49. The van der Waals surface area contributed by atoms with Crippen molar-refractivity contribution in [3.8, 4) is 0 Å². The molecule has 0 aromatic carbocycles. The fraction of sp³-hybridized carbons (Fsp3) is 0.708. The van der Waals surface area contributed by atoms with Crippen molar-refractivity contribution in [2.24, 2.45) is 10.8 Å². The maximum absolute atomic E-state index is 13.9. The fourth-order valence-corrected chi connectivity index (χ4v) is 5.60. The van der Waals surface area contributed by atoms with Crippen molar-refractivity contribution in [1.29, 1.82) is 0 Å². The van der Waals surface area contributed by atoms with Gasteiger partial charge in [-0.3, -0.25) is 23.6 Å². The summed E-state index contributed by atoms with van der Waals surface area (Å²) >= 11 is 0. The molecule has 2 heterocycles. The minimum absolute atomic E-state index is 0.0617. The Bertz CT molecular complexity index is 1200. The monoisotopic (exact) mass is 554 g/mol. The number of carbonyl (C=O) groups is 2. The summed E-state index contributed by atoms with van der Waals surface area (Å²) in [6, 6.07) is 0. The van der Waals surface area contributed by atoms with Crippen LogP contribution in [0.4, 0.5) is 5.95 Å². The Morgan fingerprint density at radius 3 is 2.47 bits per heavy atom. The normalized spacial score (nSPS) is 16.9. The van der Waals surface area contributed by atoms with Crippen LogP contribution in [-0.2, 0) is 34.5 Å². The Morgan fingerprint density at radius 2 is 1.89 bits per heavy atom. The van der Waals surface area contributed by atoms with E-state index in [9.17, 15) is 19.3 Å². The molecule has 38 heavy (non-hydrogen) atoms. The molecule has 1 unspecified atom stereocenters. The molecular weight excluding hydrogens is 515 g/mol. The Balaban J connectivity index is 1.76. The molecule has 0 saturated heterocycles. The van der Waals surface area contributed by atoms with Crippen LogP contribution in [0.2, 0.25) is 0 Å². The number of hydrogen-bond acceptors (Lipinski definition) is 11. The number of esters is 1. The molecule has 2 aromatic heterocycles. The molecule has 14 heteroatoms. The molecule has 0 aliphatic heterocycles. The van der Waals surface area contributed by atoms with Crippen molar-refractivity contribution in [3.05, 3.63) is 12.5 Å². The number of fused-ring (bicyclic) bond motifs is 1. The number of imidazole rings is 1. The number of likely N-dealkylation sites (N-methyl/N-ethyl adjacent to an activating group) is 1.